The Bertz CT molecular complexity index is 757. The van der Waals surface area contributed by atoms with E-state index in [1.807, 2.05) is 12.3 Å². The summed E-state index contributed by atoms with van der Waals surface area (Å²) in [6, 6.07) is 21.1. The zero-order valence-corrected chi connectivity index (χ0v) is 14.8. The first kappa shape index (κ1) is 16.7. The molecule has 1 aromatic heterocycles. The summed E-state index contributed by atoms with van der Waals surface area (Å²) < 4.78 is 0. The Morgan fingerprint density at radius 3 is 2.25 bits per heavy atom. The van der Waals surface area contributed by atoms with Crippen LogP contribution in [0, 0.1) is 6.92 Å². The van der Waals surface area contributed by atoms with Crippen molar-refractivity contribution in [3.63, 3.8) is 0 Å². The molecule has 0 spiro atoms. The SMILES string of the molecule is Cc1cnc(SCCCc2ccccc2)nc1Cc1ccccc1. The fourth-order valence-corrected chi connectivity index (χ4v) is 3.35. The zero-order chi connectivity index (χ0) is 16.6. The molecular weight excluding hydrogens is 312 g/mol. The van der Waals surface area contributed by atoms with Gasteiger partial charge in [-0.15, -0.1) is 0 Å². The van der Waals surface area contributed by atoms with E-state index >= 15 is 0 Å². The van der Waals surface area contributed by atoms with Crippen LogP contribution in [0.4, 0.5) is 0 Å². The fraction of sp³-hybridized carbons (Fsp3) is 0.238. The van der Waals surface area contributed by atoms with Crippen molar-refractivity contribution < 1.29 is 0 Å². The molecule has 0 N–H and O–H groups in total. The smallest absolute Gasteiger partial charge is 0.187 e. The zero-order valence-electron chi connectivity index (χ0n) is 14.0. The first-order chi connectivity index (χ1) is 11.8. The van der Waals surface area contributed by atoms with Crippen molar-refractivity contribution in [1.82, 2.24) is 9.97 Å². The Hall–Kier alpha value is -2.13. The molecule has 0 unspecified atom stereocenters. The van der Waals surface area contributed by atoms with Gasteiger partial charge in [0.2, 0.25) is 0 Å². The van der Waals surface area contributed by atoms with E-state index < -0.39 is 0 Å². The van der Waals surface area contributed by atoms with E-state index in [9.17, 15) is 0 Å². The lowest BCUT2D eigenvalue weighted by atomic mass is 10.1. The summed E-state index contributed by atoms with van der Waals surface area (Å²) in [7, 11) is 0. The van der Waals surface area contributed by atoms with Gasteiger partial charge in [0.25, 0.3) is 0 Å². The first-order valence-corrected chi connectivity index (χ1v) is 9.33. The molecule has 2 aromatic carbocycles. The maximum absolute atomic E-state index is 4.76. The van der Waals surface area contributed by atoms with Crippen molar-refractivity contribution in [2.24, 2.45) is 0 Å². The predicted molar refractivity (Wildman–Crippen MR) is 102 cm³/mol. The number of hydrogen-bond donors (Lipinski definition) is 0. The van der Waals surface area contributed by atoms with E-state index in [1.165, 1.54) is 11.1 Å². The molecule has 0 atom stereocenters. The van der Waals surface area contributed by atoms with E-state index in [0.29, 0.717) is 0 Å². The van der Waals surface area contributed by atoms with Gasteiger partial charge < -0.3 is 0 Å². The highest BCUT2D eigenvalue weighted by molar-refractivity contribution is 7.99. The minimum atomic E-state index is 0.868. The highest BCUT2D eigenvalue weighted by Crippen LogP contribution is 2.18. The van der Waals surface area contributed by atoms with Crippen LogP contribution in [-0.4, -0.2) is 15.7 Å². The molecule has 122 valence electrons. The number of hydrogen-bond acceptors (Lipinski definition) is 3. The predicted octanol–water partition coefficient (Wildman–Crippen LogP) is 5.10. The molecule has 1 heterocycles. The lowest BCUT2D eigenvalue weighted by Gasteiger charge is -2.07. The van der Waals surface area contributed by atoms with Crippen LogP contribution in [0.5, 0.6) is 0 Å². The van der Waals surface area contributed by atoms with Crippen molar-refractivity contribution in [2.45, 2.75) is 31.3 Å². The van der Waals surface area contributed by atoms with Crippen LogP contribution in [0.1, 0.15) is 28.8 Å². The van der Waals surface area contributed by atoms with Crippen LogP contribution in [-0.2, 0) is 12.8 Å². The molecule has 0 radical (unpaired) electrons. The summed E-state index contributed by atoms with van der Waals surface area (Å²) in [5, 5.41) is 0.889. The molecule has 0 fully saturated rings. The Morgan fingerprint density at radius 1 is 0.875 bits per heavy atom. The molecule has 0 aliphatic carbocycles. The third-order valence-corrected chi connectivity index (χ3v) is 4.90. The van der Waals surface area contributed by atoms with Crippen LogP contribution < -0.4 is 0 Å². The van der Waals surface area contributed by atoms with Crippen LogP contribution in [0.2, 0.25) is 0 Å². The quantitative estimate of drug-likeness (QED) is 0.341. The number of thioether (sulfide) groups is 1. The molecule has 3 heteroatoms. The molecule has 0 aliphatic rings. The lowest BCUT2D eigenvalue weighted by molar-refractivity contribution is 0.875. The monoisotopic (exact) mass is 334 g/mol. The van der Waals surface area contributed by atoms with E-state index in [1.54, 1.807) is 11.8 Å². The number of aromatic nitrogens is 2. The van der Waals surface area contributed by atoms with Crippen molar-refractivity contribution >= 4 is 11.8 Å². The van der Waals surface area contributed by atoms with Gasteiger partial charge in [0, 0.05) is 18.4 Å². The largest absolute Gasteiger partial charge is 0.231 e. The summed E-state index contributed by atoms with van der Waals surface area (Å²) in [6.45, 7) is 2.09. The Labute approximate surface area is 148 Å². The van der Waals surface area contributed by atoms with Gasteiger partial charge in [-0.25, -0.2) is 9.97 Å². The van der Waals surface area contributed by atoms with Gasteiger partial charge in [-0.3, -0.25) is 0 Å². The second-order valence-corrected chi connectivity index (χ2v) is 6.94. The molecule has 0 saturated carbocycles. The summed E-state index contributed by atoms with van der Waals surface area (Å²) in [6.07, 6.45) is 5.06. The first-order valence-electron chi connectivity index (χ1n) is 8.34. The molecule has 0 bridgehead atoms. The van der Waals surface area contributed by atoms with E-state index in [-0.39, 0.29) is 0 Å². The molecular formula is C21H22N2S. The number of benzene rings is 2. The topological polar surface area (TPSA) is 25.8 Å². The third-order valence-electron chi connectivity index (χ3n) is 3.95. The summed E-state index contributed by atoms with van der Waals surface area (Å²) >= 11 is 1.75. The second kappa shape index (κ2) is 8.65. The van der Waals surface area contributed by atoms with Gasteiger partial charge in [-0.1, -0.05) is 72.4 Å². The molecule has 2 nitrogen and oxygen atoms in total. The Morgan fingerprint density at radius 2 is 1.54 bits per heavy atom. The lowest BCUT2D eigenvalue weighted by Crippen LogP contribution is -2.00. The van der Waals surface area contributed by atoms with Gasteiger partial charge in [0.15, 0.2) is 5.16 Å². The molecule has 0 aliphatic heterocycles. The van der Waals surface area contributed by atoms with Gasteiger partial charge in [0.1, 0.15) is 0 Å². The van der Waals surface area contributed by atoms with E-state index in [2.05, 4.69) is 66.5 Å². The summed E-state index contributed by atoms with van der Waals surface area (Å²) in [5.41, 5.74) is 4.97. The maximum Gasteiger partial charge on any atom is 0.187 e. The number of rotatable bonds is 7. The Balaban J connectivity index is 1.55. The molecule has 0 amide bonds. The standard InChI is InChI=1S/C21H22N2S/c1-17-16-22-21(23-20(17)15-19-11-6-3-7-12-19)24-14-8-13-18-9-4-2-5-10-18/h2-7,9-12,16H,8,13-15H2,1H3. The van der Waals surface area contributed by atoms with Crippen LogP contribution in [0.25, 0.3) is 0 Å². The fourth-order valence-electron chi connectivity index (χ4n) is 2.58. The molecule has 3 aromatic rings. The van der Waals surface area contributed by atoms with Crippen LogP contribution in [0.15, 0.2) is 72.0 Å². The van der Waals surface area contributed by atoms with Crippen molar-refractivity contribution in [3.05, 3.63) is 89.2 Å². The van der Waals surface area contributed by atoms with Gasteiger partial charge >= 0.3 is 0 Å². The van der Waals surface area contributed by atoms with Crippen molar-refractivity contribution in [3.8, 4) is 0 Å². The van der Waals surface area contributed by atoms with Crippen LogP contribution >= 0.6 is 11.8 Å². The minimum Gasteiger partial charge on any atom is -0.231 e. The average molecular weight is 334 g/mol. The molecule has 3 rings (SSSR count). The second-order valence-electron chi connectivity index (χ2n) is 5.88. The highest BCUT2D eigenvalue weighted by Gasteiger charge is 2.06. The van der Waals surface area contributed by atoms with Crippen molar-refractivity contribution in [2.75, 3.05) is 5.75 Å². The summed E-state index contributed by atoms with van der Waals surface area (Å²) in [5.74, 6) is 1.04. The van der Waals surface area contributed by atoms with E-state index in [0.717, 1.165) is 41.4 Å². The van der Waals surface area contributed by atoms with Gasteiger partial charge in [-0.05, 0) is 36.5 Å². The van der Waals surface area contributed by atoms with E-state index in [4.69, 9.17) is 4.98 Å². The van der Waals surface area contributed by atoms with Gasteiger partial charge in [-0.2, -0.15) is 0 Å². The maximum atomic E-state index is 4.76. The third kappa shape index (κ3) is 4.93. The van der Waals surface area contributed by atoms with Crippen LogP contribution in [0.3, 0.4) is 0 Å². The highest BCUT2D eigenvalue weighted by atomic mass is 32.2. The minimum absolute atomic E-state index is 0.868. The number of aryl methyl sites for hydroxylation is 2. The average Bonchev–Trinajstić information content (AvgIpc) is 2.63. The Kier molecular flexibility index (Phi) is 6.02. The molecule has 0 saturated heterocycles. The normalized spacial score (nSPS) is 10.7. The van der Waals surface area contributed by atoms with Crippen molar-refractivity contribution in [1.29, 1.82) is 0 Å². The number of nitrogens with zero attached hydrogens (tertiary/aromatic N) is 2. The summed E-state index contributed by atoms with van der Waals surface area (Å²) in [4.78, 5) is 9.24. The van der Waals surface area contributed by atoms with Gasteiger partial charge in [0.05, 0.1) is 5.69 Å². The molecule has 24 heavy (non-hydrogen) atoms.